The normalized spacial score (nSPS) is 12.5. The quantitative estimate of drug-likeness (QED) is 0.751. The molecule has 0 spiro atoms. The van der Waals surface area contributed by atoms with Crippen LogP contribution >= 0.6 is 0 Å². The molecule has 1 atom stereocenters. The summed E-state index contributed by atoms with van der Waals surface area (Å²) in [4.78, 5) is 0. The minimum atomic E-state index is 0.341. The molecular weight excluding hydrogens is 250 g/mol. The highest BCUT2D eigenvalue weighted by Crippen LogP contribution is 2.16. The van der Waals surface area contributed by atoms with Gasteiger partial charge in [0.05, 0.1) is 5.69 Å². The minimum Gasteiger partial charge on any atom is -0.310 e. The van der Waals surface area contributed by atoms with Crippen LogP contribution in [-0.4, -0.2) is 26.8 Å². The average Bonchev–Trinajstić information content (AvgIpc) is 3.01. The van der Waals surface area contributed by atoms with Crippen molar-refractivity contribution in [3.63, 3.8) is 0 Å². The van der Waals surface area contributed by atoms with Crippen LogP contribution in [0.2, 0.25) is 0 Å². The predicted octanol–water partition coefficient (Wildman–Crippen LogP) is 2.89. The van der Waals surface area contributed by atoms with E-state index >= 15 is 0 Å². The second-order valence-electron chi connectivity index (χ2n) is 5.09. The van der Waals surface area contributed by atoms with E-state index in [9.17, 15) is 0 Å². The molecule has 1 heterocycles. The first-order chi connectivity index (χ1) is 9.81. The Balaban J connectivity index is 1.90. The zero-order chi connectivity index (χ0) is 14.2. The molecule has 2 rings (SSSR count). The molecule has 108 valence electrons. The van der Waals surface area contributed by atoms with Crippen molar-refractivity contribution in [3.05, 3.63) is 36.2 Å². The van der Waals surface area contributed by atoms with Crippen LogP contribution < -0.4 is 5.32 Å². The van der Waals surface area contributed by atoms with E-state index in [1.165, 1.54) is 31.2 Å². The SMILES string of the molecule is CCCCCCNC(C)c1cccc(-n2cnnn2)c1. The molecule has 0 aliphatic rings. The summed E-state index contributed by atoms with van der Waals surface area (Å²) < 4.78 is 1.68. The van der Waals surface area contributed by atoms with Crippen molar-refractivity contribution in [1.82, 2.24) is 25.5 Å². The summed E-state index contributed by atoms with van der Waals surface area (Å²) in [5.41, 5.74) is 2.25. The number of aromatic nitrogens is 4. The Kier molecular flexibility index (Phi) is 5.68. The Morgan fingerprint density at radius 1 is 1.25 bits per heavy atom. The van der Waals surface area contributed by atoms with E-state index in [-0.39, 0.29) is 0 Å². The van der Waals surface area contributed by atoms with Gasteiger partial charge in [-0.1, -0.05) is 38.3 Å². The Labute approximate surface area is 120 Å². The molecule has 0 amide bonds. The molecule has 1 N–H and O–H groups in total. The molecule has 20 heavy (non-hydrogen) atoms. The van der Waals surface area contributed by atoms with E-state index in [0.717, 1.165) is 12.2 Å². The largest absolute Gasteiger partial charge is 0.310 e. The van der Waals surface area contributed by atoms with Crippen LogP contribution in [0.5, 0.6) is 0 Å². The highest BCUT2D eigenvalue weighted by Gasteiger charge is 2.06. The number of benzene rings is 1. The number of nitrogens with zero attached hydrogens (tertiary/aromatic N) is 4. The fraction of sp³-hybridized carbons (Fsp3) is 0.533. The van der Waals surface area contributed by atoms with E-state index in [1.54, 1.807) is 11.0 Å². The molecule has 0 saturated carbocycles. The van der Waals surface area contributed by atoms with E-state index in [2.05, 4.69) is 46.8 Å². The van der Waals surface area contributed by atoms with Crippen molar-refractivity contribution in [2.45, 2.75) is 45.6 Å². The zero-order valence-corrected chi connectivity index (χ0v) is 12.3. The number of hydrogen-bond acceptors (Lipinski definition) is 4. The molecule has 1 aromatic carbocycles. The van der Waals surface area contributed by atoms with Crippen LogP contribution in [-0.2, 0) is 0 Å². The van der Waals surface area contributed by atoms with Gasteiger partial charge in [-0.2, -0.15) is 0 Å². The van der Waals surface area contributed by atoms with Gasteiger partial charge in [-0.25, -0.2) is 4.68 Å². The molecule has 1 aromatic heterocycles. The molecule has 5 heteroatoms. The van der Waals surface area contributed by atoms with Crippen LogP contribution in [0, 0.1) is 0 Å². The van der Waals surface area contributed by atoms with Crippen molar-refractivity contribution >= 4 is 0 Å². The van der Waals surface area contributed by atoms with Crippen molar-refractivity contribution in [1.29, 1.82) is 0 Å². The first-order valence-electron chi connectivity index (χ1n) is 7.38. The van der Waals surface area contributed by atoms with Gasteiger partial charge >= 0.3 is 0 Å². The maximum absolute atomic E-state index is 3.92. The Morgan fingerprint density at radius 2 is 2.15 bits per heavy atom. The molecule has 0 fully saturated rings. The highest BCUT2D eigenvalue weighted by atomic mass is 15.5. The third-order valence-electron chi connectivity index (χ3n) is 3.46. The van der Waals surface area contributed by atoms with Crippen molar-refractivity contribution in [3.8, 4) is 5.69 Å². The van der Waals surface area contributed by atoms with Crippen LogP contribution in [0.25, 0.3) is 5.69 Å². The summed E-state index contributed by atoms with van der Waals surface area (Å²) in [6.45, 7) is 5.50. The summed E-state index contributed by atoms with van der Waals surface area (Å²) in [6, 6.07) is 8.65. The average molecular weight is 273 g/mol. The van der Waals surface area contributed by atoms with Crippen LogP contribution in [0.3, 0.4) is 0 Å². The van der Waals surface area contributed by atoms with E-state index in [0.29, 0.717) is 6.04 Å². The van der Waals surface area contributed by atoms with Crippen LogP contribution in [0.4, 0.5) is 0 Å². The van der Waals surface area contributed by atoms with Gasteiger partial charge in [-0.3, -0.25) is 0 Å². The first kappa shape index (κ1) is 14.7. The minimum absolute atomic E-state index is 0.341. The fourth-order valence-corrected chi connectivity index (χ4v) is 2.20. The third-order valence-corrected chi connectivity index (χ3v) is 3.46. The van der Waals surface area contributed by atoms with Crippen molar-refractivity contribution < 1.29 is 0 Å². The molecule has 0 aliphatic heterocycles. The monoisotopic (exact) mass is 273 g/mol. The highest BCUT2D eigenvalue weighted by molar-refractivity contribution is 5.35. The smallest absolute Gasteiger partial charge is 0.143 e. The Bertz CT molecular complexity index is 495. The standard InChI is InChI=1S/C15H23N5/c1-3-4-5-6-10-16-13(2)14-8-7-9-15(11-14)20-12-17-18-19-20/h7-9,11-13,16H,3-6,10H2,1-2H3. The second kappa shape index (κ2) is 7.75. The van der Waals surface area contributed by atoms with Crippen molar-refractivity contribution in [2.75, 3.05) is 6.54 Å². The molecule has 2 aromatic rings. The van der Waals surface area contributed by atoms with E-state index in [4.69, 9.17) is 0 Å². The third kappa shape index (κ3) is 4.13. The van der Waals surface area contributed by atoms with Crippen LogP contribution in [0.15, 0.2) is 30.6 Å². The van der Waals surface area contributed by atoms with Gasteiger partial charge in [0.25, 0.3) is 0 Å². The van der Waals surface area contributed by atoms with Gasteiger partial charge in [0.2, 0.25) is 0 Å². The summed E-state index contributed by atoms with van der Waals surface area (Å²) in [5, 5.41) is 14.8. The van der Waals surface area contributed by atoms with Gasteiger partial charge in [-0.05, 0) is 48.0 Å². The Morgan fingerprint density at radius 3 is 2.90 bits per heavy atom. The summed E-state index contributed by atoms with van der Waals surface area (Å²) in [7, 11) is 0. The van der Waals surface area contributed by atoms with Crippen molar-refractivity contribution in [2.24, 2.45) is 0 Å². The molecule has 0 radical (unpaired) electrons. The molecule has 0 aliphatic carbocycles. The predicted molar refractivity (Wildman–Crippen MR) is 79.7 cm³/mol. The molecule has 0 saturated heterocycles. The van der Waals surface area contributed by atoms with Gasteiger partial charge < -0.3 is 5.32 Å². The zero-order valence-electron chi connectivity index (χ0n) is 12.3. The molecule has 0 bridgehead atoms. The fourth-order valence-electron chi connectivity index (χ4n) is 2.20. The lowest BCUT2D eigenvalue weighted by Gasteiger charge is -2.15. The number of unbranched alkanes of at least 4 members (excludes halogenated alkanes) is 3. The maximum Gasteiger partial charge on any atom is 0.143 e. The Hall–Kier alpha value is -1.75. The molecule has 1 unspecified atom stereocenters. The number of rotatable bonds is 8. The first-order valence-corrected chi connectivity index (χ1v) is 7.38. The van der Waals surface area contributed by atoms with E-state index in [1.807, 2.05) is 12.1 Å². The van der Waals surface area contributed by atoms with Gasteiger partial charge in [0, 0.05) is 6.04 Å². The topological polar surface area (TPSA) is 55.6 Å². The number of hydrogen-bond donors (Lipinski definition) is 1. The number of nitrogens with one attached hydrogen (secondary N) is 1. The van der Waals surface area contributed by atoms with Gasteiger partial charge in [0.1, 0.15) is 6.33 Å². The van der Waals surface area contributed by atoms with Gasteiger partial charge in [0.15, 0.2) is 0 Å². The van der Waals surface area contributed by atoms with Crippen LogP contribution in [0.1, 0.15) is 51.1 Å². The summed E-state index contributed by atoms with van der Waals surface area (Å²) >= 11 is 0. The lowest BCUT2D eigenvalue weighted by Crippen LogP contribution is -2.20. The molecular formula is C15H23N5. The number of tetrazole rings is 1. The summed E-state index contributed by atoms with van der Waals surface area (Å²) in [5.74, 6) is 0. The van der Waals surface area contributed by atoms with E-state index < -0.39 is 0 Å². The molecule has 5 nitrogen and oxygen atoms in total. The van der Waals surface area contributed by atoms with Gasteiger partial charge in [-0.15, -0.1) is 5.10 Å². The second-order valence-corrected chi connectivity index (χ2v) is 5.09. The lowest BCUT2D eigenvalue weighted by molar-refractivity contribution is 0.536. The lowest BCUT2D eigenvalue weighted by atomic mass is 10.1. The maximum atomic E-state index is 3.92. The summed E-state index contributed by atoms with van der Waals surface area (Å²) in [6.07, 6.45) is 6.77.